The molecule has 0 saturated carbocycles. The van der Waals surface area contributed by atoms with E-state index < -0.39 is 6.10 Å². The predicted octanol–water partition coefficient (Wildman–Crippen LogP) is 1.95. The molecule has 1 aromatic rings. The summed E-state index contributed by atoms with van der Waals surface area (Å²) in [6.07, 6.45) is -0.253. The third kappa shape index (κ3) is 1.29. The summed E-state index contributed by atoms with van der Waals surface area (Å²) in [6.45, 7) is 2.30. The molecule has 70 valence electrons. The summed E-state index contributed by atoms with van der Waals surface area (Å²) in [5.74, 6) is 0.131. The molecule has 0 amide bonds. The Morgan fingerprint density at radius 3 is 3.00 bits per heavy atom. The van der Waals surface area contributed by atoms with Gasteiger partial charge in [-0.25, -0.2) is 4.39 Å². The average molecular weight is 182 g/mol. The summed E-state index contributed by atoms with van der Waals surface area (Å²) in [7, 11) is 0. The minimum absolute atomic E-state index is 0.311. The Morgan fingerprint density at radius 2 is 2.31 bits per heavy atom. The van der Waals surface area contributed by atoms with E-state index in [0.29, 0.717) is 24.3 Å². The van der Waals surface area contributed by atoms with Gasteiger partial charge < -0.3 is 9.84 Å². The highest BCUT2D eigenvalue weighted by molar-refractivity contribution is 5.44. The Hall–Kier alpha value is -1.09. The van der Waals surface area contributed by atoms with E-state index in [1.807, 2.05) is 6.92 Å². The van der Waals surface area contributed by atoms with Crippen LogP contribution in [0.1, 0.15) is 23.7 Å². The molecule has 1 aliphatic rings. The first-order valence-electron chi connectivity index (χ1n) is 4.30. The molecule has 1 atom stereocenters. The van der Waals surface area contributed by atoms with Crippen LogP contribution in [0.25, 0.3) is 0 Å². The number of halogens is 1. The zero-order chi connectivity index (χ0) is 9.42. The van der Waals surface area contributed by atoms with Crippen molar-refractivity contribution in [2.24, 2.45) is 0 Å². The number of hydrogen-bond acceptors (Lipinski definition) is 2. The zero-order valence-electron chi connectivity index (χ0n) is 7.38. The van der Waals surface area contributed by atoms with E-state index in [2.05, 4.69) is 0 Å². The topological polar surface area (TPSA) is 29.5 Å². The number of aliphatic hydroxyl groups is 1. The summed E-state index contributed by atoms with van der Waals surface area (Å²) < 4.78 is 18.6. The van der Waals surface area contributed by atoms with Crippen LogP contribution in [0.3, 0.4) is 0 Å². The lowest BCUT2D eigenvalue weighted by Crippen LogP contribution is -2.16. The maximum Gasteiger partial charge on any atom is 0.132 e. The lowest BCUT2D eigenvalue weighted by molar-refractivity contribution is 0.110. The summed E-state index contributed by atoms with van der Waals surface area (Å²) in [4.78, 5) is 0. The van der Waals surface area contributed by atoms with Crippen LogP contribution < -0.4 is 4.74 Å². The van der Waals surface area contributed by atoms with Crippen molar-refractivity contribution in [3.63, 3.8) is 0 Å². The smallest absolute Gasteiger partial charge is 0.132 e. The molecule has 0 spiro atoms. The second kappa shape index (κ2) is 3.00. The van der Waals surface area contributed by atoms with Gasteiger partial charge in [0.25, 0.3) is 0 Å². The molecule has 13 heavy (non-hydrogen) atoms. The van der Waals surface area contributed by atoms with Crippen LogP contribution in [0.15, 0.2) is 12.1 Å². The number of benzene rings is 1. The summed E-state index contributed by atoms with van der Waals surface area (Å²) in [5, 5.41) is 9.55. The van der Waals surface area contributed by atoms with Gasteiger partial charge in [0.15, 0.2) is 0 Å². The summed E-state index contributed by atoms with van der Waals surface area (Å²) in [5.41, 5.74) is 1.18. The quantitative estimate of drug-likeness (QED) is 0.664. The van der Waals surface area contributed by atoms with Crippen LogP contribution in [0, 0.1) is 12.7 Å². The van der Waals surface area contributed by atoms with Crippen LogP contribution in [-0.4, -0.2) is 11.7 Å². The first-order chi connectivity index (χ1) is 6.20. The molecule has 0 unspecified atom stereocenters. The predicted molar refractivity (Wildman–Crippen MR) is 46.2 cm³/mol. The highest BCUT2D eigenvalue weighted by Gasteiger charge is 2.24. The number of aryl methyl sites for hydroxylation is 1. The number of fused-ring (bicyclic) bond motifs is 1. The third-order valence-corrected chi connectivity index (χ3v) is 2.31. The van der Waals surface area contributed by atoms with Crippen molar-refractivity contribution < 1.29 is 14.2 Å². The van der Waals surface area contributed by atoms with E-state index >= 15 is 0 Å². The van der Waals surface area contributed by atoms with Gasteiger partial charge in [-0.1, -0.05) is 6.07 Å². The normalized spacial score (nSPS) is 20.7. The van der Waals surface area contributed by atoms with Crippen LogP contribution in [0.5, 0.6) is 5.75 Å². The maximum absolute atomic E-state index is 13.3. The second-order valence-corrected chi connectivity index (χ2v) is 3.26. The number of hydrogen-bond donors (Lipinski definition) is 1. The zero-order valence-corrected chi connectivity index (χ0v) is 7.38. The first kappa shape index (κ1) is 8.51. The van der Waals surface area contributed by atoms with Gasteiger partial charge in [-0.2, -0.15) is 0 Å². The third-order valence-electron chi connectivity index (χ3n) is 2.31. The van der Waals surface area contributed by atoms with Gasteiger partial charge in [0.1, 0.15) is 11.6 Å². The van der Waals surface area contributed by atoms with Crippen molar-refractivity contribution in [2.75, 3.05) is 6.61 Å². The standard InChI is InChI=1S/C10H11FO2/c1-6-2-3-7(11)9-8(12)4-5-13-10(6)9/h2-3,8,12H,4-5H2,1H3/t8-/m0/s1. The fourth-order valence-electron chi connectivity index (χ4n) is 1.60. The van der Waals surface area contributed by atoms with Crippen molar-refractivity contribution in [2.45, 2.75) is 19.4 Å². The molecule has 0 aliphatic carbocycles. The monoisotopic (exact) mass is 182 g/mol. The minimum Gasteiger partial charge on any atom is -0.493 e. The van der Waals surface area contributed by atoms with E-state index in [9.17, 15) is 9.50 Å². The first-order valence-corrected chi connectivity index (χ1v) is 4.30. The minimum atomic E-state index is -0.719. The Bertz CT molecular complexity index is 336. The molecule has 1 heterocycles. The Morgan fingerprint density at radius 1 is 1.54 bits per heavy atom. The molecular formula is C10H11FO2. The van der Waals surface area contributed by atoms with Crippen molar-refractivity contribution in [1.82, 2.24) is 0 Å². The van der Waals surface area contributed by atoms with E-state index in [-0.39, 0.29) is 5.82 Å². The lowest BCUT2D eigenvalue weighted by atomic mass is 10.00. The summed E-state index contributed by atoms with van der Waals surface area (Å²) >= 11 is 0. The van der Waals surface area contributed by atoms with Crippen molar-refractivity contribution in [1.29, 1.82) is 0 Å². The van der Waals surface area contributed by atoms with E-state index in [1.165, 1.54) is 6.07 Å². The van der Waals surface area contributed by atoms with Crippen LogP contribution >= 0.6 is 0 Å². The molecule has 1 aliphatic heterocycles. The summed E-state index contributed by atoms with van der Waals surface area (Å²) in [6, 6.07) is 3.03. The van der Waals surface area contributed by atoms with E-state index in [4.69, 9.17) is 4.74 Å². The largest absolute Gasteiger partial charge is 0.493 e. The van der Waals surface area contributed by atoms with E-state index in [1.54, 1.807) is 6.07 Å². The molecular weight excluding hydrogens is 171 g/mol. The fraction of sp³-hybridized carbons (Fsp3) is 0.400. The van der Waals surface area contributed by atoms with Gasteiger partial charge in [0.2, 0.25) is 0 Å². The molecule has 0 aromatic heterocycles. The lowest BCUT2D eigenvalue weighted by Gasteiger charge is -2.23. The van der Waals surface area contributed by atoms with E-state index in [0.717, 1.165) is 5.56 Å². The SMILES string of the molecule is Cc1ccc(F)c2c1OCC[C@@H]2O. The second-order valence-electron chi connectivity index (χ2n) is 3.26. The van der Waals surface area contributed by atoms with Crippen molar-refractivity contribution in [3.8, 4) is 5.75 Å². The van der Waals surface area contributed by atoms with Crippen LogP contribution in [0.4, 0.5) is 4.39 Å². The maximum atomic E-state index is 13.3. The van der Waals surface area contributed by atoms with Gasteiger partial charge in [0.05, 0.1) is 18.3 Å². The van der Waals surface area contributed by atoms with Gasteiger partial charge in [-0.15, -0.1) is 0 Å². The molecule has 1 aromatic carbocycles. The Kier molecular flexibility index (Phi) is 1.96. The Labute approximate surface area is 76.0 Å². The van der Waals surface area contributed by atoms with Crippen LogP contribution in [-0.2, 0) is 0 Å². The van der Waals surface area contributed by atoms with Gasteiger partial charge in [-0.05, 0) is 18.6 Å². The number of ether oxygens (including phenoxy) is 1. The molecule has 2 rings (SSSR count). The molecule has 0 fully saturated rings. The highest BCUT2D eigenvalue weighted by Crippen LogP contribution is 2.36. The molecule has 1 N–H and O–H groups in total. The number of rotatable bonds is 0. The average Bonchev–Trinajstić information content (AvgIpc) is 2.12. The Balaban J connectivity index is 2.60. The molecule has 0 radical (unpaired) electrons. The molecule has 2 nitrogen and oxygen atoms in total. The highest BCUT2D eigenvalue weighted by atomic mass is 19.1. The van der Waals surface area contributed by atoms with Crippen molar-refractivity contribution >= 4 is 0 Å². The van der Waals surface area contributed by atoms with Crippen LogP contribution in [0.2, 0.25) is 0 Å². The molecule has 0 bridgehead atoms. The molecule has 0 saturated heterocycles. The molecule has 3 heteroatoms. The number of aliphatic hydroxyl groups excluding tert-OH is 1. The fourth-order valence-corrected chi connectivity index (χ4v) is 1.60. The van der Waals surface area contributed by atoms with Gasteiger partial charge >= 0.3 is 0 Å². The van der Waals surface area contributed by atoms with Crippen molar-refractivity contribution in [3.05, 3.63) is 29.1 Å². The van der Waals surface area contributed by atoms with Gasteiger partial charge in [-0.3, -0.25) is 0 Å². The van der Waals surface area contributed by atoms with Gasteiger partial charge in [0, 0.05) is 6.42 Å².